The van der Waals surface area contributed by atoms with Crippen molar-refractivity contribution in [3.63, 3.8) is 0 Å². The lowest BCUT2D eigenvalue weighted by atomic mass is 10.0. The fraction of sp³-hybridized carbons (Fsp3) is 0.208. The van der Waals surface area contributed by atoms with Crippen LogP contribution >= 0.6 is 0 Å². The highest BCUT2D eigenvalue weighted by molar-refractivity contribution is 6.34. The minimum absolute atomic E-state index is 0.130. The predicted octanol–water partition coefficient (Wildman–Crippen LogP) is 2.16. The molecule has 0 fully saturated rings. The number of carbonyl (C=O) groups is 5. The van der Waals surface area contributed by atoms with Gasteiger partial charge in [-0.15, -0.1) is 0 Å². The average molecular weight is 463 g/mol. The van der Waals surface area contributed by atoms with Gasteiger partial charge in [0.25, 0.3) is 11.8 Å². The van der Waals surface area contributed by atoms with E-state index in [0.29, 0.717) is 16.8 Å². The summed E-state index contributed by atoms with van der Waals surface area (Å²) in [7, 11) is 0. The molecule has 10 heteroatoms. The highest BCUT2D eigenvalue weighted by Crippen LogP contribution is 2.28. The lowest BCUT2D eigenvalue weighted by Crippen LogP contribution is -2.50. The molecule has 174 valence electrons. The maximum Gasteiger partial charge on any atom is 0.338 e. The van der Waals surface area contributed by atoms with Crippen LogP contribution in [0.25, 0.3) is 0 Å². The summed E-state index contributed by atoms with van der Waals surface area (Å²) in [6.45, 7) is 3.06. The van der Waals surface area contributed by atoms with Crippen LogP contribution in [-0.4, -0.2) is 49.0 Å². The summed E-state index contributed by atoms with van der Waals surface area (Å²) in [5, 5.41) is 5.03. The van der Waals surface area contributed by atoms with Crippen molar-refractivity contribution in [2.75, 3.05) is 18.1 Å². The molecule has 0 radical (unpaired) electrons. The number of esters is 2. The Morgan fingerprint density at radius 3 is 2.12 bits per heavy atom. The molecule has 2 aromatic carbocycles. The van der Waals surface area contributed by atoms with Gasteiger partial charge in [0.15, 0.2) is 0 Å². The SMILES string of the molecule is CCOC(=O)C1=C(COC(=O)c2ccc(N3C(=O)c4ccccc4C3=O)cc2)NC(=O)NC1C. The Morgan fingerprint density at radius 1 is 0.912 bits per heavy atom. The number of urea groups is 1. The van der Waals surface area contributed by atoms with E-state index >= 15 is 0 Å². The monoisotopic (exact) mass is 463 g/mol. The van der Waals surface area contributed by atoms with Crippen molar-refractivity contribution in [3.05, 3.63) is 76.5 Å². The van der Waals surface area contributed by atoms with E-state index in [1.807, 2.05) is 0 Å². The number of hydrogen-bond acceptors (Lipinski definition) is 7. The zero-order chi connectivity index (χ0) is 24.4. The Balaban J connectivity index is 1.48. The molecule has 0 bridgehead atoms. The summed E-state index contributed by atoms with van der Waals surface area (Å²) in [5.41, 5.74) is 1.40. The minimum atomic E-state index is -0.718. The first-order valence-electron chi connectivity index (χ1n) is 10.5. The van der Waals surface area contributed by atoms with Gasteiger partial charge in [-0.1, -0.05) is 12.1 Å². The molecule has 2 aliphatic rings. The first kappa shape index (κ1) is 22.7. The van der Waals surface area contributed by atoms with E-state index in [-0.39, 0.29) is 30.0 Å². The van der Waals surface area contributed by atoms with Gasteiger partial charge in [-0.2, -0.15) is 0 Å². The number of rotatable bonds is 6. The van der Waals surface area contributed by atoms with Gasteiger partial charge in [0.2, 0.25) is 0 Å². The number of benzene rings is 2. The van der Waals surface area contributed by atoms with E-state index in [2.05, 4.69) is 10.6 Å². The zero-order valence-electron chi connectivity index (χ0n) is 18.4. The van der Waals surface area contributed by atoms with Gasteiger partial charge in [-0.05, 0) is 50.2 Å². The summed E-state index contributed by atoms with van der Waals surface area (Å²) in [6, 6.07) is 11.2. The lowest BCUT2D eigenvalue weighted by molar-refractivity contribution is -0.139. The third kappa shape index (κ3) is 4.13. The predicted molar refractivity (Wildman–Crippen MR) is 119 cm³/mol. The smallest absolute Gasteiger partial charge is 0.338 e. The molecule has 10 nitrogen and oxygen atoms in total. The summed E-state index contributed by atoms with van der Waals surface area (Å²) in [4.78, 5) is 62.9. The van der Waals surface area contributed by atoms with E-state index in [0.717, 1.165) is 4.90 Å². The van der Waals surface area contributed by atoms with E-state index in [9.17, 15) is 24.0 Å². The first-order valence-corrected chi connectivity index (χ1v) is 10.5. The molecule has 0 saturated carbocycles. The molecule has 0 aromatic heterocycles. The molecular weight excluding hydrogens is 442 g/mol. The molecular formula is C24H21N3O7. The number of anilines is 1. The molecule has 0 saturated heterocycles. The van der Waals surface area contributed by atoms with E-state index in [1.54, 1.807) is 38.1 Å². The average Bonchev–Trinajstić information content (AvgIpc) is 3.07. The van der Waals surface area contributed by atoms with Crippen LogP contribution in [0, 0.1) is 0 Å². The van der Waals surface area contributed by atoms with Crippen LogP contribution in [0.5, 0.6) is 0 Å². The van der Waals surface area contributed by atoms with Crippen LogP contribution in [0.2, 0.25) is 0 Å². The van der Waals surface area contributed by atoms with Crippen LogP contribution in [-0.2, 0) is 14.3 Å². The quantitative estimate of drug-likeness (QED) is 0.496. The van der Waals surface area contributed by atoms with Crippen LogP contribution in [0.3, 0.4) is 0 Å². The van der Waals surface area contributed by atoms with E-state index in [4.69, 9.17) is 9.47 Å². The second-order valence-corrected chi connectivity index (χ2v) is 7.55. The zero-order valence-corrected chi connectivity index (χ0v) is 18.4. The largest absolute Gasteiger partial charge is 0.463 e. The van der Waals surface area contributed by atoms with Gasteiger partial charge < -0.3 is 20.1 Å². The number of imide groups is 1. The van der Waals surface area contributed by atoms with Crippen molar-refractivity contribution in [3.8, 4) is 0 Å². The number of hydrogen-bond donors (Lipinski definition) is 2. The molecule has 4 rings (SSSR count). The van der Waals surface area contributed by atoms with Gasteiger partial charge in [0.1, 0.15) is 6.61 Å². The number of amides is 4. The third-order valence-corrected chi connectivity index (χ3v) is 5.37. The Bertz CT molecular complexity index is 1200. The summed E-state index contributed by atoms with van der Waals surface area (Å²) >= 11 is 0. The Kier molecular flexibility index (Phi) is 6.13. The normalized spacial score (nSPS) is 17.2. The molecule has 2 N–H and O–H groups in total. The van der Waals surface area contributed by atoms with Crippen LogP contribution < -0.4 is 15.5 Å². The van der Waals surface area contributed by atoms with Gasteiger partial charge in [0.05, 0.1) is 46.3 Å². The third-order valence-electron chi connectivity index (χ3n) is 5.37. The maximum absolute atomic E-state index is 12.6. The van der Waals surface area contributed by atoms with Crippen molar-refractivity contribution < 1.29 is 33.4 Å². The van der Waals surface area contributed by atoms with Crippen LogP contribution in [0.1, 0.15) is 44.9 Å². The number of ether oxygens (including phenoxy) is 2. The Hall–Kier alpha value is -4.47. The molecule has 2 aliphatic heterocycles. The standard InChI is InChI=1S/C24H21N3O7/c1-3-33-23(31)19-13(2)25-24(32)26-18(19)12-34-22(30)14-8-10-15(11-9-14)27-20(28)16-6-4-5-7-17(16)21(27)29/h4-11,13H,3,12H2,1-2H3,(H2,25,26,32). The van der Waals surface area contributed by atoms with Gasteiger partial charge >= 0.3 is 18.0 Å². The van der Waals surface area contributed by atoms with Crippen molar-refractivity contribution in [1.29, 1.82) is 0 Å². The number of nitrogens with zero attached hydrogens (tertiary/aromatic N) is 1. The first-order chi connectivity index (χ1) is 16.3. The second-order valence-electron chi connectivity index (χ2n) is 7.55. The Morgan fingerprint density at radius 2 is 1.53 bits per heavy atom. The van der Waals surface area contributed by atoms with Crippen molar-refractivity contribution in [1.82, 2.24) is 10.6 Å². The Labute approximate surface area is 194 Å². The highest BCUT2D eigenvalue weighted by atomic mass is 16.5. The second kappa shape index (κ2) is 9.18. The van der Waals surface area contributed by atoms with Gasteiger partial charge in [-0.3, -0.25) is 9.59 Å². The fourth-order valence-electron chi connectivity index (χ4n) is 3.78. The van der Waals surface area contributed by atoms with Gasteiger partial charge in [0, 0.05) is 0 Å². The number of fused-ring (bicyclic) bond motifs is 1. The van der Waals surface area contributed by atoms with Crippen LogP contribution in [0.15, 0.2) is 59.8 Å². The lowest BCUT2D eigenvalue weighted by Gasteiger charge is -2.26. The molecule has 2 heterocycles. The molecule has 4 amide bonds. The molecule has 0 spiro atoms. The summed E-state index contributed by atoms with van der Waals surface area (Å²) in [6.07, 6.45) is 0. The highest BCUT2D eigenvalue weighted by Gasteiger charge is 2.36. The fourth-order valence-corrected chi connectivity index (χ4v) is 3.78. The molecule has 1 atom stereocenters. The van der Waals surface area contributed by atoms with E-state index < -0.39 is 35.8 Å². The van der Waals surface area contributed by atoms with Crippen LogP contribution in [0.4, 0.5) is 10.5 Å². The van der Waals surface area contributed by atoms with Crippen molar-refractivity contribution in [2.24, 2.45) is 0 Å². The summed E-state index contributed by atoms with van der Waals surface area (Å²) in [5.74, 6) is -2.22. The topological polar surface area (TPSA) is 131 Å². The number of carbonyl (C=O) groups excluding carboxylic acids is 5. The van der Waals surface area contributed by atoms with Gasteiger partial charge in [-0.25, -0.2) is 19.3 Å². The minimum Gasteiger partial charge on any atom is -0.463 e. The maximum atomic E-state index is 12.6. The molecule has 1 unspecified atom stereocenters. The van der Waals surface area contributed by atoms with Crippen molar-refractivity contribution in [2.45, 2.75) is 19.9 Å². The molecule has 34 heavy (non-hydrogen) atoms. The molecule has 0 aliphatic carbocycles. The van der Waals surface area contributed by atoms with Crippen molar-refractivity contribution >= 4 is 35.5 Å². The molecule has 2 aromatic rings. The number of nitrogens with one attached hydrogen (secondary N) is 2. The summed E-state index contributed by atoms with van der Waals surface area (Å²) < 4.78 is 10.3. The van der Waals surface area contributed by atoms with E-state index in [1.165, 1.54) is 24.3 Å².